The Kier molecular flexibility index (Phi) is 5.51. The van der Waals surface area contributed by atoms with E-state index in [1.165, 1.54) is 13.0 Å². The van der Waals surface area contributed by atoms with Crippen LogP contribution in [0, 0.1) is 22.7 Å². The molecule has 0 N–H and O–H groups in total. The first-order chi connectivity index (χ1) is 15.0. The number of hydrogen-bond donors (Lipinski definition) is 0. The minimum absolute atomic E-state index is 0.0464. The summed E-state index contributed by atoms with van der Waals surface area (Å²) in [6.07, 6.45) is 2.76. The van der Waals surface area contributed by atoms with E-state index in [2.05, 4.69) is 6.92 Å². The molecule has 1 saturated carbocycles. The molecule has 6 nitrogen and oxygen atoms in total. The summed E-state index contributed by atoms with van der Waals surface area (Å²) in [6.45, 7) is 9.97. The Balaban J connectivity index is 1.66. The number of fused-ring (bicyclic) bond motifs is 2. The summed E-state index contributed by atoms with van der Waals surface area (Å²) < 4.78 is 17.2. The molecule has 32 heavy (non-hydrogen) atoms. The first-order valence-corrected chi connectivity index (χ1v) is 11.1. The summed E-state index contributed by atoms with van der Waals surface area (Å²) >= 11 is 0. The third-order valence-corrected chi connectivity index (χ3v) is 7.51. The molecular weight excluding hydrogens is 408 g/mol. The Labute approximate surface area is 187 Å². The van der Waals surface area contributed by atoms with Crippen molar-refractivity contribution in [3.63, 3.8) is 0 Å². The third-order valence-electron chi connectivity index (χ3n) is 7.51. The molecule has 0 unspecified atom stereocenters. The average Bonchev–Trinajstić information content (AvgIpc) is 2.69. The van der Waals surface area contributed by atoms with Crippen molar-refractivity contribution >= 4 is 22.7 Å². The highest BCUT2D eigenvalue weighted by Gasteiger charge is 2.59. The largest absolute Gasteiger partial charge is 0.493 e. The normalized spacial score (nSPS) is 29.2. The fraction of sp³-hybridized carbons (Fsp3) is 0.500. The topological polar surface area (TPSA) is 82.8 Å². The molecule has 0 bridgehead atoms. The van der Waals surface area contributed by atoms with E-state index in [4.69, 9.17) is 13.9 Å². The van der Waals surface area contributed by atoms with Gasteiger partial charge in [0.05, 0.1) is 6.61 Å². The molecule has 2 aromatic rings. The second-order valence-electron chi connectivity index (χ2n) is 9.93. The molecule has 2 aliphatic carbocycles. The molecule has 1 heterocycles. The minimum Gasteiger partial charge on any atom is -0.493 e. The van der Waals surface area contributed by atoms with Crippen molar-refractivity contribution in [1.29, 1.82) is 0 Å². The smallest absolute Gasteiger partial charge is 0.336 e. The van der Waals surface area contributed by atoms with Crippen molar-refractivity contribution in [3.05, 3.63) is 52.4 Å². The van der Waals surface area contributed by atoms with Crippen molar-refractivity contribution in [2.24, 2.45) is 22.7 Å². The minimum atomic E-state index is -0.616. The van der Waals surface area contributed by atoms with Crippen LogP contribution in [0.2, 0.25) is 0 Å². The van der Waals surface area contributed by atoms with Crippen LogP contribution in [-0.2, 0) is 14.3 Å². The third kappa shape index (κ3) is 3.76. The van der Waals surface area contributed by atoms with Crippen LogP contribution in [0.25, 0.3) is 11.0 Å². The Morgan fingerprint density at radius 2 is 1.88 bits per heavy atom. The van der Waals surface area contributed by atoms with E-state index >= 15 is 0 Å². The molecule has 0 radical (unpaired) electrons. The lowest BCUT2D eigenvalue weighted by molar-refractivity contribution is -0.169. The number of ether oxygens (including phenoxy) is 2. The number of rotatable bonds is 4. The number of hydrogen-bond acceptors (Lipinski definition) is 6. The van der Waals surface area contributed by atoms with Crippen molar-refractivity contribution in [1.82, 2.24) is 0 Å². The molecule has 1 fully saturated rings. The number of benzene rings is 1. The molecule has 4 rings (SSSR count). The predicted molar refractivity (Wildman–Crippen MR) is 120 cm³/mol. The molecule has 1 aromatic heterocycles. The van der Waals surface area contributed by atoms with Crippen LogP contribution in [0.1, 0.15) is 47.5 Å². The molecule has 0 aliphatic heterocycles. The van der Waals surface area contributed by atoms with Crippen LogP contribution < -0.4 is 10.4 Å². The highest BCUT2D eigenvalue weighted by Crippen LogP contribution is 2.59. The zero-order chi connectivity index (χ0) is 23.3. The van der Waals surface area contributed by atoms with Gasteiger partial charge in [0, 0.05) is 48.1 Å². The molecule has 4 atom stereocenters. The number of esters is 1. The fourth-order valence-electron chi connectivity index (χ4n) is 5.95. The summed E-state index contributed by atoms with van der Waals surface area (Å²) in [5, 5.41) is 0.828. The predicted octanol–water partition coefficient (Wildman–Crippen LogP) is 4.69. The van der Waals surface area contributed by atoms with E-state index < -0.39 is 17.1 Å². The van der Waals surface area contributed by atoms with E-state index in [9.17, 15) is 14.4 Å². The highest BCUT2D eigenvalue weighted by molar-refractivity contribution is 5.86. The van der Waals surface area contributed by atoms with E-state index in [0.29, 0.717) is 30.8 Å². The standard InChI is InChI=1S/C26H30O6/c1-15-12-21(31-16(2)27)24-25(3,4)22(28)10-11-26(24,5)19(15)14-30-18-8-6-17-7-9-23(29)32-20(17)13-18/h6-9,12-13,19,21,24H,10-11,14H2,1-5H3/t19-,21-,24-,26+/m1/s1. The van der Waals surface area contributed by atoms with Crippen molar-refractivity contribution < 1.29 is 23.5 Å². The lowest BCUT2D eigenvalue weighted by Gasteiger charge is -2.57. The van der Waals surface area contributed by atoms with Gasteiger partial charge in [-0.25, -0.2) is 4.79 Å². The SMILES string of the molecule is CC(=O)O[C@@H]1C=C(C)[C@@H](COc2ccc3ccc(=O)oc3c2)[C@]2(C)CCC(=O)C(C)(C)[C@@H]12. The van der Waals surface area contributed by atoms with Gasteiger partial charge in [-0.1, -0.05) is 26.3 Å². The lowest BCUT2D eigenvalue weighted by atomic mass is 9.47. The Morgan fingerprint density at radius 3 is 2.59 bits per heavy atom. The number of ketones is 1. The summed E-state index contributed by atoms with van der Waals surface area (Å²) in [5.74, 6) is 0.377. The van der Waals surface area contributed by atoms with Gasteiger partial charge in [0.25, 0.3) is 0 Å². The van der Waals surface area contributed by atoms with E-state index in [0.717, 1.165) is 11.0 Å². The van der Waals surface area contributed by atoms with Crippen LogP contribution in [-0.4, -0.2) is 24.5 Å². The quantitative estimate of drug-likeness (QED) is 0.391. The number of Topliss-reactive ketones (excluding diaryl/α,β-unsaturated/α-hetero) is 1. The molecule has 1 aromatic carbocycles. The molecule has 170 valence electrons. The van der Waals surface area contributed by atoms with Crippen molar-refractivity contribution in [2.75, 3.05) is 6.61 Å². The number of carbonyl (C=O) groups is 2. The van der Waals surface area contributed by atoms with E-state index in [1.54, 1.807) is 12.1 Å². The van der Waals surface area contributed by atoms with Gasteiger partial charge < -0.3 is 13.9 Å². The van der Waals surface area contributed by atoms with Crippen LogP contribution in [0.15, 0.2) is 51.2 Å². The monoisotopic (exact) mass is 438 g/mol. The maximum atomic E-state index is 12.8. The fourth-order valence-corrected chi connectivity index (χ4v) is 5.95. The Bertz CT molecular complexity index is 1160. The van der Waals surface area contributed by atoms with Gasteiger partial charge in [-0.05, 0) is 43.0 Å². The Hall–Kier alpha value is -2.89. The Morgan fingerprint density at radius 1 is 1.16 bits per heavy atom. The van der Waals surface area contributed by atoms with Gasteiger partial charge in [-0.15, -0.1) is 0 Å². The van der Waals surface area contributed by atoms with Gasteiger partial charge in [-0.2, -0.15) is 0 Å². The molecule has 0 spiro atoms. The van der Waals surface area contributed by atoms with Gasteiger partial charge in [0.1, 0.15) is 23.2 Å². The van der Waals surface area contributed by atoms with Gasteiger partial charge in [-0.3, -0.25) is 9.59 Å². The van der Waals surface area contributed by atoms with Crippen LogP contribution >= 0.6 is 0 Å². The molecular formula is C26H30O6. The molecule has 0 saturated heterocycles. The molecule has 2 aliphatic rings. The lowest BCUT2D eigenvalue weighted by Crippen LogP contribution is -2.58. The second-order valence-corrected chi connectivity index (χ2v) is 9.93. The van der Waals surface area contributed by atoms with Gasteiger partial charge >= 0.3 is 11.6 Å². The second kappa shape index (κ2) is 7.91. The van der Waals surface area contributed by atoms with Crippen LogP contribution in [0.4, 0.5) is 0 Å². The highest BCUT2D eigenvalue weighted by atomic mass is 16.5. The number of carbonyl (C=O) groups excluding carboxylic acids is 2. The first-order valence-electron chi connectivity index (χ1n) is 11.1. The maximum absolute atomic E-state index is 12.8. The summed E-state index contributed by atoms with van der Waals surface area (Å²) in [4.78, 5) is 36.2. The van der Waals surface area contributed by atoms with Gasteiger partial charge in [0.15, 0.2) is 0 Å². The summed E-state index contributed by atoms with van der Waals surface area (Å²) in [6, 6.07) is 8.57. The molecule has 0 amide bonds. The van der Waals surface area contributed by atoms with E-state index in [1.807, 2.05) is 39.0 Å². The van der Waals surface area contributed by atoms with Crippen molar-refractivity contribution in [2.45, 2.75) is 53.6 Å². The van der Waals surface area contributed by atoms with Gasteiger partial charge in [0.2, 0.25) is 0 Å². The van der Waals surface area contributed by atoms with Crippen molar-refractivity contribution in [3.8, 4) is 5.75 Å². The maximum Gasteiger partial charge on any atom is 0.336 e. The first kappa shape index (κ1) is 22.3. The summed E-state index contributed by atoms with van der Waals surface area (Å²) in [5.41, 5.74) is 0.276. The summed E-state index contributed by atoms with van der Waals surface area (Å²) in [7, 11) is 0. The molecule has 6 heteroatoms. The average molecular weight is 439 g/mol. The zero-order valence-electron chi connectivity index (χ0n) is 19.3. The van der Waals surface area contributed by atoms with E-state index in [-0.39, 0.29) is 29.0 Å². The van der Waals surface area contributed by atoms with Crippen LogP contribution in [0.5, 0.6) is 5.75 Å². The van der Waals surface area contributed by atoms with Crippen LogP contribution in [0.3, 0.4) is 0 Å². The zero-order valence-corrected chi connectivity index (χ0v) is 19.3.